The smallest absolute Gasteiger partial charge is 0.292 e. The summed E-state index contributed by atoms with van der Waals surface area (Å²) < 4.78 is 8.15. The van der Waals surface area contributed by atoms with E-state index in [0.29, 0.717) is 11.3 Å². The van der Waals surface area contributed by atoms with E-state index in [0.717, 1.165) is 13.4 Å². The van der Waals surface area contributed by atoms with Gasteiger partial charge in [-0.2, -0.15) is 0 Å². The highest BCUT2D eigenvalue weighted by Gasteiger charge is 2.13. The molecular formula is C13H9Br3N2O3. The minimum atomic E-state index is -0.510. The van der Waals surface area contributed by atoms with Crippen LogP contribution in [-0.2, 0) is 6.61 Å². The molecule has 0 bridgehead atoms. The Kier molecular flexibility index (Phi) is 5.23. The fourth-order valence-corrected chi connectivity index (χ4v) is 4.15. The Morgan fingerprint density at radius 3 is 2.33 bits per heavy atom. The highest BCUT2D eigenvalue weighted by Crippen LogP contribution is 2.37. The molecule has 0 heterocycles. The summed E-state index contributed by atoms with van der Waals surface area (Å²) in [5.74, 6) is 0.623. The van der Waals surface area contributed by atoms with Crippen molar-refractivity contribution in [2.24, 2.45) is 0 Å². The third-order valence-electron chi connectivity index (χ3n) is 2.64. The van der Waals surface area contributed by atoms with Crippen molar-refractivity contribution >= 4 is 59.2 Å². The van der Waals surface area contributed by atoms with Gasteiger partial charge in [0.05, 0.1) is 13.9 Å². The van der Waals surface area contributed by atoms with E-state index in [9.17, 15) is 10.1 Å². The average molecular weight is 481 g/mol. The third kappa shape index (κ3) is 3.96. The number of nitrogens with zero attached hydrogens (tertiary/aromatic N) is 1. The van der Waals surface area contributed by atoms with Gasteiger partial charge in [0.15, 0.2) is 0 Å². The summed E-state index contributed by atoms with van der Waals surface area (Å²) >= 11 is 10.2. The molecule has 0 aliphatic heterocycles. The van der Waals surface area contributed by atoms with Crippen molar-refractivity contribution in [2.45, 2.75) is 6.61 Å². The number of anilines is 1. The Labute approximate surface area is 146 Å². The number of hydrogen-bond acceptors (Lipinski definition) is 4. The maximum Gasteiger partial charge on any atom is 0.292 e. The highest BCUT2D eigenvalue weighted by molar-refractivity contribution is 9.11. The highest BCUT2D eigenvalue weighted by atomic mass is 79.9. The standard InChI is InChI=1S/C13H9Br3N2O3/c14-8-4-9(15)13(10(16)5-8)21-6-7-1-2-11(17)12(3-7)18(19)20/h1-5H,6,17H2. The quantitative estimate of drug-likeness (QED) is 0.377. The van der Waals surface area contributed by atoms with Crippen molar-refractivity contribution in [3.8, 4) is 5.75 Å². The predicted molar refractivity (Wildman–Crippen MR) is 91.4 cm³/mol. The van der Waals surface area contributed by atoms with Crippen LogP contribution in [0.15, 0.2) is 43.7 Å². The summed E-state index contributed by atoms with van der Waals surface area (Å²) in [5, 5.41) is 10.9. The maximum atomic E-state index is 10.9. The molecule has 8 heteroatoms. The van der Waals surface area contributed by atoms with Crippen LogP contribution in [0.2, 0.25) is 0 Å². The van der Waals surface area contributed by atoms with E-state index < -0.39 is 4.92 Å². The van der Waals surface area contributed by atoms with Gasteiger partial charge in [-0.15, -0.1) is 0 Å². The number of benzene rings is 2. The van der Waals surface area contributed by atoms with Gasteiger partial charge in [-0.1, -0.05) is 22.0 Å². The summed E-state index contributed by atoms with van der Waals surface area (Å²) in [5.41, 5.74) is 6.24. The van der Waals surface area contributed by atoms with Crippen LogP contribution in [0.25, 0.3) is 0 Å². The van der Waals surface area contributed by atoms with E-state index in [1.807, 2.05) is 12.1 Å². The van der Waals surface area contributed by atoms with E-state index >= 15 is 0 Å². The van der Waals surface area contributed by atoms with Crippen molar-refractivity contribution in [2.75, 3.05) is 5.73 Å². The van der Waals surface area contributed by atoms with Gasteiger partial charge in [-0.25, -0.2) is 0 Å². The number of rotatable bonds is 4. The largest absolute Gasteiger partial charge is 0.487 e. The molecule has 0 spiro atoms. The lowest BCUT2D eigenvalue weighted by Crippen LogP contribution is -2.00. The molecule has 0 fully saturated rings. The van der Waals surface area contributed by atoms with Gasteiger partial charge in [-0.05, 0) is 55.6 Å². The lowest BCUT2D eigenvalue weighted by Gasteiger charge is -2.11. The number of hydrogen-bond donors (Lipinski definition) is 1. The zero-order valence-electron chi connectivity index (χ0n) is 10.5. The topological polar surface area (TPSA) is 78.4 Å². The molecule has 0 saturated heterocycles. The average Bonchev–Trinajstić information content (AvgIpc) is 2.38. The van der Waals surface area contributed by atoms with Gasteiger partial charge in [0.2, 0.25) is 0 Å². The summed E-state index contributed by atoms with van der Waals surface area (Å²) in [6, 6.07) is 8.32. The first-order chi connectivity index (χ1) is 9.88. The molecule has 0 unspecified atom stereocenters. The normalized spacial score (nSPS) is 10.4. The van der Waals surface area contributed by atoms with Crippen LogP contribution in [0.3, 0.4) is 0 Å². The number of nitrogen functional groups attached to an aromatic ring is 1. The van der Waals surface area contributed by atoms with Crippen molar-refractivity contribution in [1.29, 1.82) is 0 Å². The second-order valence-electron chi connectivity index (χ2n) is 4.14. The van der Waals surface area contributed by atoms with Crippen LogP contribution >= 0.6 is 47.8 Å². The van der Waals surface area contributed by atoms with Gasteiger partial charge < -0.3 is 10.5 Å². The Balaban J connectivity index is 2.21. The maximum absolute atomic E-state index is 10.9. The van der Waals surface area contributed by atoms with Gasteiger partial charge >= 0.3 is 0 Å². The molecule has 5 nitrogen and oxygen atoms in total. The third-order valence-corrected chi connectivity index (χ3v) is 4.27. The number of nitro benzene ring substituents is 1. The summed E-state index contributed by atoms with van der Waals surface area (Å²) in [6.45, 7) is 0.194. The SMILES string of the molecule is Nc1ccc(COc2c(Br)cc(Br)cc2Br)cc1[N+](=O)[O-]. The Morgan fingerprint density at radius 1 is 1.14 bits per heavy atom. The van der Waals surface area contributed by atoms with Crippen LogP contribution in [0.4, 0.5) is 11.4 Å². The molecule has 0 aromatic heterocycles. The fraction of sp³-hybridized carbons (Fsp3) is 0.0769. The first-order valence-corrected chi connectivity index (χ1v) is 8.06. The molecule has 0 saturated carbocycles. The number of nitrogens with two attached hydrogens (primary N) is 1. The summed E-state index contributed by atoms with van der Waals surface area (Å²) in [7, 11) is 0. The van der Waals surface area contributed by atoms with E-state index in [2.05, 4.69) is 47.8 Å². The zero-order chi connectivity index (χ0) is 15.6. The molecule has 0 amide bonds. The molecule has 0 radical (unpaired) electrons. The molecule has 21 heavy (non-hydrogen) atoms. The van der Waals surface area contributed by atoms with E-state index in [1.165, 1.54) is 12.1 Å². The van der Waals surface area contributed by atoms with Gasteiger partial charge in [0.25, 0.3) is 5.69 Å². The first-order valence-electron chi connectivity index (χ1n) is 5.68. The lowest BCUT2D eigenvalue weighted by atomic mass is 10.2. The molecule has 0 aliphatic carbocycles. The molecular weight excluding hydrogens is 472 g/mol. The Hall–Kier alpha value is -1.12. The molecule has 2 aromatic carbocycles. The number of ether oxygens (including phenoxy) is 1. The minimum absolute atomic E-state index is 0.120. The summed E-state index contributed by atoms with van der Waals surface area (Å²) in [4.78, 5) is 10.3. The van der Waals surface area contributed by atoms with Crippen molar-refractivity contribution in [3.05, 3.63) is 59.4 Å². The number of nitro groups is 1. The second kappa shape index (κ2) is 6.76. The van der Waals surface area contributed by atoms with E-state index in [4.69, 9.17) is 10.5 Å². The Bertz CT molecular complexity index is 684. The van der Waals surface area contributed by atoms with Crippen molar-refractivity contribution in [1.82, 2.24) is 0 Å². The molecule has 0 atom stereocenters. The second-order valence-corrected chi connectivity index (χ2v) is 6.76. The molecule has 0 aliphatic rings. The van der Waals surface area contributed by atoms with E-state index in [1.54, 1.807) is 6.07 Å². The monoisotopic (exact) mass is 478 g/mol. The number of halogens is 3. The van der Waals surface area contributed by atoms with Crippen LogP contribution in [0.1, 0.15) is 5.56 Å². The summed E-state index contributed by atoms with van der Waals surface area (Å²) in [6.07, 6.45) is 0. The molecule has 110 valence electrons. The van der Waals surface area contributed by atoms with Crippen molar-refractivity contribution in [3.63, 3.8) is 0 Å². The fourth-order valence-electron chi connectivity index (χ4n) is 1.66. The van der Waals surface area contributed by atoms with Crippen molar-refractivity contribution < 1.29 is 9.66 Å². The van der Waals surface area contributed by atoms with Gasteiger partial charge in [0, 0.05) is 10.5 Å². The zero-order valence-corrected chi connectivity index (χ0v) is 15.2. The minimum Gasteiger partial charge on any atom is -0.487 e. The molecule has 2 rings (SSSR count). The lowest BCUT2D eigenvalue weighted by molar-refractivity contribution is -0.384. The van der Waals surface area contributed by atoms with Crippen LogP contribution in [0.5, 0.6) is 5.75 Å². The molecule has 2 N–H and O–H groups in total. The van der Waals surface area contributed by atoms with Crippen LogP contribution in [0, 0.1) is 10.1 Å². The Morgan fingerprint density at radius 2 is 1.76 bits per heavy atom. The van der Waals surface area contributed by atoms with Crippen LogP contribution in [-0.4, -0.2) is 4.92 Å². The van der Waals surface area contributed by atoms with Gasteiger partial charge in [-0.3, -0.25) is 10.1 Å². The van der Waals surface area contributed by atoms with E-state index in [-0.39, 0.29) is 18.0 Å². The van der Waals surface area contributed by atoms with Gasteiger partial charge in [0.1, 0.15) is 18.0 Å². The first kappa shape index (κ1) is 16.3. The van der Waals surface area contributed by atoms with Crippen LogP contribution < -0.4 is 10.5 Å². The predicted octanol–water partition coefficient (Wildman–Crippen LogP) is 5.04. The molecule has 2 aromatic rings.